The van der Waals surface area contributed by atoms with E-state index in [-0.39, 0.29) is 0 Å². The highest BCUT2D eigenvalue weighted by Crippen LogP contribution is 2.37. The van der Waals surface area contributed by atoms with Crippen molar-refractivity contribution in [1.82, 2.24) is 19.1 Å². The van der Waals surface area contributed by atoms with Crippen LogP contribution in [-0.2, 0) is 7.05 Å². The second kappa shape index (κ2) is 9.32. The Bertz CT molecular complexity index is 2210. The molecule has 0 bridgehead atoms. The van der Waals surface area contributed by atoms with Crippen LogP contribution in [0.4, 0.5) is 0 Å². The highest BCUT2D eigenvalue weighted by molar-refractivity contribution is 6.10. The van der Waals surface area contributed by atoms with Crippen LogP contribution in [0, 0.1) is 0 Å². The van der Waals surface area contributed by atoms with E-state index in [0.717, 1.165) is 44.9 Å². The summed E-state index contributed by atoms with van der Waals surface area (Å²) in [4.78, 5) is 9.72. The van der Waals surface area contributed by atoms with Crippen LogP contribution in [0.1, 0.15) is 0 Å². The standard InChI is InChI=1S/C37H26N4/c1-40-36-29(25-11-3-2-4-12-25)16-10-18-33(36)39-37(40)27-20-21-31-30-15-5-6-19-34(30)41(35(31)24-27)28-14-9-13-26(23-28)32-17-7-8-22-38-32/h2-24H,1H3. The van der Waals surface area contributed by atoms with Gasteiger partial charge in [-0.1, -0.05) is 91.0 Å². The molecule has 5 aromatic carbocycles. The molecule has 8 rings (SSSR count). The van der Waals surface area contributed by atoms with Gasteiger partial charge in [0, 0.05) is 46.4 Å². The Labute approximate surface area is 237 Å². The molecule has 194 valence electrons. The van der Waals surface area contributed by atoms with Gasteiger partial charge in [-0.3, -0.25) is 4.98 Å². The summed E-state index contributed by atoms with van der Waals surface area (Å²) in [6.45, 7) is 0. The molecule has 0 radical (unpaired) electrons. The van der Waals surface area contributed by atoms with Crippen LogP contribution >= 0.6 is 0 Å². The zero-order chi connectivity index (χ0) is 27.3. The van der Waals surface area contributed by atoms with E-state index in [4.69, 9.17) is 4.98 Å². The number of pyridine rings is 1. The van der Waals surface area contributed by atoms with E-state index < -0.39 is 0 Å². The Hall–Kier alpha value is -5.48. The van der Waals surface area contributed by atoms with Crippen LogP contribution in [0.3, 0.4) is 0 Å². The van der Waals surface area contributed by atoms with Crippen molar-refractivity contribution in [3.8, 4) is 39.5 Å². The fraction of sp³-hybridized carbons (Fsp3) is 0.0270. The van der Waals surface area contributed by atoms with Gasteiger partial charge in [-0.15, -0.1) is 0 Å². The summed E-state index contributed by atoms with van der Waals surface area (Å²) in [5.41, 5.74) is 11.1. The molecule has 0 saturated carbocycles. The van der Waals surface area contributed by atoms with Crippen molar-refractivity contribution in [3.05, 3.63) is 140 Å². The monoisotopic (exact) mass is 526 g/mol. The number of aryl methyl sites for hydroxylation is 1. The first-order chi connectivity index (χ1) is 20.3. The molecule has 8 aromatic rings. The second-order valence-corrected chi connectivity index (χ2v) is 10.4. The second-order valence-electron chi connectivity index (χ2n) is 10.4. The molecule has 3 heterocycles. The maximum Gasteiger partial charge on any atom is 0.140 e. The summed E-state index contributed by atoms with van der Waals surface area (Å²) in [6, 6.07) is 46.9. The highest BCUT2D eigenvalue weighted by Gasteiger charge is 2.18. The van der Waals surface area contributed by atoms with Crippen LogP contribution in [0.5, 0.6) is 0 Å². The minimum Gasteiger partial charge on any atom is -0.327 e. The number of aromatic nitrogens is 4. The average molecular weight is 527 g/mol. The van der Waals surface area contributed by atoms with E-state index >= 15 is 0 Å². The Morgan fingerprint density at radius 2 is 1.34 bits per heavy atom. The molecular formula is C37H26N4. The molecule has 0 aliphatic carbocycles. The van der Waals surface area contributed by atoms with Crippen LogP contribution < -0.4 is 0 Å². The predicted molar refractivity (Wildman–Crippen MR) is 169 cm³/mol. The molecule has 4 heteroatoms. The van der Waals surface area contributed by atoms with Gasteiger partial charge in [-0.2, -0.15) is 0 Å². The molecular weight excluding hydrogens is 500 g/mol. The fourth-order valence-electron chi connectivity index (χ4n) is 6.10. The zero-order valence-corrected chi connectivity index (χ0v) is 22.6. The van der Waals surface area contributed by atoms with Gasteiger partial charge >= 0.3 is 0 Å². The lowest BCUT2D eigenvalue weighted by Gasteiger charge is -2.11. The lowest BCUT2D eigenvalue weighted by atomic mass is 10.0. The fourth-order valence-corrected chi connectivity index (χ4v) is 6.10. The highest BCUT2D eigenvalue weighted by atomic mass is 15.1. The van der Waals surface area contributed by atoms with E-state index in [1.807, 2.05) is 18.3 Å². The molecule has 0 aliphatic heterocycles. The topological polar surface area (TPSA) is 35.6 Å². The number of nitrogens with zero attached hydrogens (tertiary/aromatic N) is 4. The third-order valence-electron chi connectivity index (χ3n) is 7.98. The van der Waals surface area contributed by atoms with E-state index in [2.05, 4.69) is 142 Å². The van der Waals surface area contributed by atoms with Crippen molar-refractivity contribution in [3.63, 3.8) is 0 Å². The van der Waals surface area contributed by atoms with E-state index in [9.17, 15) is 0 Å². The van der Waals surface area contributed by atoms with Crippen molar-refractivity contribution in [2.75, 3.05) is 0 Å². The molecule has 0 unspecified atom stereocenters. The summed E-state index contributed by atoms with van der Waals surface area (Å²) in [6.07, 6.45) is 1.84. The summed E-state index contributed by atoms with van der Waals surface area (Å²) < 4.78 is 4.59. The van der Waals surface area contributed by atoms with E-state index in [1.165, 1.54) is 27.4 Å². The van der Waals surface area contributed by atoms with Crippen molar-refractivity contribution >= 4 is 32.8 Å². The van der Waals surface area contributed by atoms with Gasteiger partial charge in [-0.25, -0.2) is 4.98 Å². The zero-order valence-electron chi connectivity index (χ0n) is 22.6. The first-order valence-corrected chi connectivity index (χ1v) is 13.8. The Balaban J connectivity index is 1.35. The van der Waals surface area contributed by atoms with Gasteiger partial charge in [-0.05, 0) is 48.0 Å². The summed E-state index contributed by atoms with van der Waals surface area (Å²) in [7, 11) is 2.12. The molecule has 0 amide bonds. The quantitative estimate of drug-likeness (QED) is 0.229. The number of hydrogen-bond acceptors (Lipinski definition) is 2. The number of para-hydroxylation sites is 2. The minimum atomic E-state index is 0.948. The molecule has 0 aliphatic rings. The number of benzene rings is 5. The third kappa shape index (κ3) is 3.76. The van der Waals surface area contributed by atoms with Crippen molar-refractivity contribution in [2.24, 2.45) is 7.05 Å². The maximum atomic E-state index is 5.13. The van der Waals surface area contributed by atoms with Crippen LogP contribution in [-0.4, -0.2) is 19.1 Å². The average Bonchev–Trinajstić information content (AvgIpc) is 3.56. The summed E-state index contributed by atoms with van der Waals surface area (Å²) in [5, 5.41) is 2.45. The Morgan fingerprint density at radius 1 is 0.561 bits per heavy atom. The number of hydrogen-bond donors (Lipinski definition) is 0. The predicted octanol–water partition coefficient (Wildman–Crippen LogP) is 9.07. The number of fused-ring (bicyclic) bond motifs is 4. The Morgan fingerprint density at radius 3 is 2.22 bits per heavy atom. The van der Waals surface area contributed by atoms with Crippen molar-refractivity contribution < 1.29 is 0 Å². The van der Waals surface area contributed by atoms with Gasteiger partial charge < -0.3 is 9.13 Å². The van der Waals surface area contributed by atoms with Crippen LogP contribution in [0.25, 0.3) is 72.3 Å². The van der Waals surface area contributed by atoms with Crippen LogP contribution in [0.15, 0.2) is 140 Å². The number of rotatable bonds is 4. The maximum absolute atomic E-state index is 5.13. The van der Waals surface area contributed by atoms with Gasteiger partial charge in [0.05, 0.1) is 27.8 Å². The molecule has 0 fully saturated rings. The molecule has 0 atom stereocenters. The molecule has 0 saturated heterocycles. The molecule has 41 heavy (non-hydrogen) atoms. The lowest BCUT2D eigenvalue weighted by Crippen LogP contribution is -1.96. The molecule has 3 aromatic heterocycles. The lowest BCUT2D eigenvalue weighted by molar-refractivity contribution is 0.960. The van der Waals surface area contributed by atoms with Gasteiger partial charge in [0.2, 0.25) is 0 Å². The number of imidazole rings is 1. The largest absolute Gasteiger partial charge is 0.327 e. The molecule has 4 nitrogen and oxygen atoms in total. The van der Waals surface area contributed by atoms with Gasteiger partial charge in [0.15, 0.2) is 0 Å². The minimum absolute atomic E-state index is 0.948. The normalized spacial score (nSPS) is 11.5. The van der Waals surface area contributed by atoms with E-state index in [1.54, 1.807) is 0 Å². The van der Waals surface area contributed by atoms with Crippen LogP contribution in [0.2, 0.25) is 0 Å². The first kappa shape index (κ1) is 23.4. The third-order valence-corrected chi connectivity index (χ3v) is 7.98. The molecule has 0 N–H and O–H groups in total. The van der Waals surface area contributed by atoms with Crippen molar-refractivity contribution in [2.45, 2.75) is 0 Å². The summed E-state index contributed by atoms with van der Waals surface area (Å²) >= 11 is 0. The summed E-state index contributed by atoms with van der Waals surface area (Å²) in [5.74, 6) is 0.948. The van der Waals surface area contributed by atoms with Gasteiger partial charge in [0.1, 0.15) is 5.82 Å². The smallest absolute Gasteiger partial charge is 0.140 e. The van der Waals surface area contributed by atoms with Gasteiger partial charge in [0.25, 0.3) is 0 Å². The SMILES string of the molecule is Cn1c(-c2ccc3c4ccccc4n(-c4cccc(-c5ccccn5)c4)c3c2)nc2cccc(-c3ccccc3)c21. The molecule has 0 spiro atoms. The van der Waals surface area contributed by atoms with E-state index in [0.29, 0.717) is 0 Å². The van der Waals surface area contributed by atoms with Crippen molar-refractivity contribution in [1.29, 1.82) is 0 Å². The Kier molecular flexibility index (Phi) is 5.32. The first-order valence-electron chi connectivity index (χ1n) is 13.8.